The highest BCUT2D eigenvalue weighted by Gasteiger charge is 2.21. The first-order valence-corrected chi connectivity index (χ1v) is 9.44. The molecule has 4 rings (SSSR count). The number of halogens is 1. The highest BCUT2D eigenvalue weighted by atomic mass is 32.1. The molecule has 142 valence electrons. The minimum Gasteiger partial charge on any atom is -0.368 e. The highest BCUT2D eigenvalue weighted by Crippen LogP contribution is 2.23. The average Bonchev–Trinajstić information content (AvgIpc) is 3.09. The molecule has 0 unspecified atom stereocenters. The third-order valence-corrected chi connectivity index (χ3v) is 5.33. The topological polar surface area (TPSA) is 53.0 Å². The van der Waals surface area contributed by atoms with Crippen LogP contribution in [0.3, 0.4) is 0 Å². The van der Waals surface area contributed by atoms with Crippen molar-refractivity contribution in [2.24, 2.45) is 0 Å². The molecular weight excluding hydrogens is 375 g/mol. The number of nitrogens with zero attached hydrogens (tertiary/aromatic N) is 6. The van der Waals surface area contributed by atoms with Gasteiger partial charge in [0.25, 0.3) is 0 Å². The Hall–Kier alpha value is -3.02. The Morgan fingerprint density at radius 3 is 2.50 bits per heavy atom. The summed E-state index contributed by atoms with van der Waals surface area (Å²) in [6.07, 6.45) is 1.74. The smallest absolute Gasteiger partial charge is 0.203 e. The summed E-state index contributed by atoms with van der Waals surface area (Å²) in [6, 6.07) is 16.6. The van der Waals surface area contributed by atoms with E-state index >= 15 is 0 Å². The van der Waals surface area contributed by atoms with Crippen LogP contribution in [0, 0.1) is 21.9 Å². The molecule has 0 atom stereocenters. The number of para-hydroxylation sites is 1. The molecule has 1 aromatic heterocycles. The molecule has 1 saturated heterocycles. The fourth-order valence-corrected chi connectivity index (χ4v) is 3.66. The first kappa shape index (κ1) is 18.3. The van der Waals surface area contributed by atoms with E-state index in [9.17, 15) is 9.65 Å². The Labute approximate surface area is 167 Å². The van der Waals surface area contributed by atoms with Crippen molar-refractivity contribution in [3.8, 4) is 11.8 Å². The first-order chi connectivity index (χ1) is 13.7. The minimum atomic E-state index is -0.472. The molecule has 2 heterocycles. The van der Waals surface area contributed by atoms with Crippen LogP contribution in [0.2, 0.25) is 0 Å². The van der Waals surface area contributed by atoms with Crippen molar-refractivity contribution >= 4 is 17.9 Å². The Bertz CT molecular complexity index is 1060. The summed E-state index contributed by atoms with van der Waals surface area (Å²) >= 11 is 5.57. The van der Waals surface area contributed by atoms with Crippen molar-refractivity contribution in [3.05, 3.63) is 71.0 Å². The van der Waals surface area contributed by atoms with Crippen molar-refractivity contribution in [3.63, 3.8) is 0 Å². The van der Waals surface area contributed by atoms with Gasteiger partial charge in [-0.25, -0.2) is 9.07 Å². The summed E-state index contributed by atoms with van der Waals surface area (Å²) < 4.78 is 18.2. The zero-order valence-electron chi connectivity index (χ0n) is 15.2. The van der Waals surface area contributed by atoms with E-state index in [1.54, 1.807) is 23.1 Å². The number of benzene rings is 2. The molecule has 1 aliphatic rings. The monoisotopic (exact) mass is 394 g/mol. The van der Waals surface area contributed by atoms with Crippen LogP contribution in [0.5, 0.6) is 0 Å². The van der Waals surface area contributed by atoms with Gasteiger partial charge >= 0.3 is 0 Å². The number of anilines is 1. The van der Waals surface area contributed by atoms with Crippen LogP contribution in [0.25, 0.3) is 5.69 Å². The Kier molecular flexibility index (Phi) is 5.19. The van der Waals surface area contributed by atoms with Gasteiger partial charge in [0.1, 0.15) is 23.8 Å². The Balaban J connectivity index is 1.44. The predicted octanol–water partition coefficient (Wildman–Crippen LogP) is 3.19. The maximum atomic E-state index is 13.9. The van der Waals surface area contributed by atoms with Gasteiger partial charge in [-0.2, -0.15) is 10.4 Å². The van der Waals surface area contributed by atoms with Gasteiger partial charge in [0.2, 0.25) is 4.77 Å². The Morgan fingerprint density at radius 1 is 1.04 bits per heavy atom. The first-order valence-electron chi connectivity index (χ1n) is 9.03. The number of rotatable bonds is 4. The number of nitriles is 1. The molecule has 0 aliphatic carbocycles. The maximum Gasteiger partial charge on any atom is 0.203 e. The van der Waals surface area contributed by atoms with E-state index in [2.05, 4.69) is 14.9 Å². The lowest BCUT2D eigenvalue weighted by atomic mass is 10.1. The number of aromatic nitrogens is 3. The van der Waals surface area contributed by atoms with Crippen LogP contribution < -0.4 is 4.90 Å². The molecule has 0 saturated carbocycles. The molecule has 28 heavy (non-hydrogen) atoms. The molecule has 0 amide bonds. The fraction of sp³-hybridized carbons (Fsp3) is 0.250. The molecule has 0 radical (unpaired) electrons. The molecule has 8 heteroatoms. The fourth-order valence-electron chi connectivity index (χ4n) is 3.41. The summed E-state index contributed by atoms with van der Waals surface area (Å²) in [5.74, 6) is -0.472. The van der Waals surface area contributed by atoms with Crippen molar-refractivity contribution in [2.75, 3.05) is 31.1 Å². The SMILES string of the molecule is N#Cc1c(F)cccc1N1CCN(Cn2ncn(-c3ccccc3)c2=S)CC1. The van der Waals surface area contributed by atoms with Crippen molar-refractivity contribution in [1.29, 1.82) is 5.26 Å². The molecule has 0 spiro atoms. The van der Waals surface area contributed by atoms with Crippen molar-refractivity contribution < 1.29 is 4.39 Å². The standard InChI is InChI=1S/C20H19FN6S/c21-18-7-4-8-19(17(18)13-22)25-11-9-24(10-12-25)15-27-20(28)26(14-23-27)16-5-2-1-3-6-16/h1-8,14H,9-12,15H2. The van der Waals surface area contributed by atoms with E-state index in [1.807, 2.05) is 41.0 Å². The van der Waals surface area contributed by atoms with Crippen LogP contribution in [0.15, 0.2) is 54.9 Å². The summed E-state index contributed by atoms with van der Waals surface area (Å²) in [4.78, 5) is 4.31. The second kappa shape index (κ2) is 7.92. The Morgan fingerprint density at radius 2 is 1.79 bits per heavy atom. The lowest BCUT2D eigenvalue weighted by molar-refractivity contribution is 0.194. The second-order valence-corrected chi connectivity index (χ2v) is 6.98. The number of piperazine rings is 1. The quantitative estimate of drug-likeness (QED) is 0.636. The summed E-state index contributed by atoms with van der Waals surface area (Å²) in [5, 5.41) is 13.7. The second-order valence-electron chi connectivity index (χ2n) is 6.61. The van der Waals surface area contributed by atoms with E-state index in [1.165, 1.54) is 6.07 Å². The molecule has 0 bridgehead atoms. The summed E-state index contributed by atoms with van der Waals surface area (Å²) in [7, 11) is 0. The van der Waals surface area contributed by atoms with E-state index in [0.29, 0.717) is 30.2 Å². The lowest BCUT2D eigenvalue weighted by Gasteiger charge is -2.36. The van der Waals surface area contributed by atoms with Gasteiger partial charge in [-0.05, 0) is 36.5 Å². The van der Waals surface area contributed by atoms with E-state index in [4.69, 9.17) is 12.2 Å². The van der Waals surface area contributed by atoms with Crippen molar-refractivity contribution in [2.45, 2.75) is 6.67 Å². The van der Waals surface area contributed by atoms with Crippen LogP contribution in [0.4, 0.5) is 10.1 Å². The summed E-state index contributed by atoms with van der Waals surface area (Å²) in [5.41, 5.74) is 1.76. The lowest BCUT2D eigenvalue weighted by Crippen LogP contribution is -2.47. The van der Waals surface area contributed by atoms with E-state index in [0.717, 1.165) is 18.8 Å². The zero-order valence-corrected chi connectivity index (χ0v) is 16.0. The third kappa shape index (κ3) is 3.54. The minimum absolute atomic E-state index is 0.111. The number of hydrogen-bond donors (Lipinski definition) is 0. The maximum absolute atomic E-state index is 13.9. The molecule has 1 aliphatic heterocycles. The summed E-state index contributed by atoms with van der Waals surface area (Å²) in [6.45, 7) is 3.58. The number of hydrogen-bond acceptors (Lipinski definition) is 5. The normalized spacial score (nSPS) is 14.8. The van der Waals surface area contributed by atoms with Gasteiger partial charge in [-0.1, -0.05) is 24.3 Å². The highest BCUT2D eigenvalue weighted by molar-refractivity contribution is 7.71. The molecule has 3 aromatic rings. The van der Waals surface area contributed by atoms with Gasteiger partial charge < -0.3 is 4.90 Å². The van der Waals surface area contributed by atoms with Gasteiger partial charge in [0.15, 0.2) is 0 Å². The van der Waals surface area contributed by atoms with Crippen LogP contribution in [-0.2, 0) is 6.67 Å². The van der Waals surface area contributed by atoms with Crippen molar-refractivity contribution in [1.82, 2.24) is 19.2 Å². The third-order valence-electron chi connectivity index (χ3n) is 4.92. The molecule has 2 aromatic carbocycles. The van der Waals surface area contributed by atoms with Gasteiger partial charge in [-0.15, -0.1) is 0 Å². The predicted molar refractivity (Wildman–Crippen MR) is 107 cm³/mol. The largest absolute Gasteiger partial charge is 0.368 e. The molecular formula is C20H19FN6S. The van der Waals surface area contributed by atoms with Crippen LogP contribution in [0.1, 0.15) is 5.56 Å². The molecule has 6 nitrogen and oxygen atoms in total. The molecule has 0 N–H and O–H groups in total. The van der Waals surface area contributed by atoms with Gasteiger partial charge in [-0.3, -0.25) is 9.47 Å². The van der Waals surface area contributed by atoms with Crippen LogP contribution >= 0.6 is 12.2 Å². The van der Waals surface area contributed by atoms with E-state index < -0.39 is 5.82 Å². The van der Waals surface area contributed by atoms with Gasteiger partial charge in [0, 0.05) is 31.9 Å². The average molecular weight is 394 g/mol. The van der Waals surface area contributed by atoms with E-state index in [-0.39, 0.29) is 5.56 Å². The molecule has 1 fully saturated rings. The van der Waals surface area contributed by atoms with Crippen LogP contribution in [-0.4, -0.2) is 45.4 Å². The zero-order chi connectivity index (χ0) is 19.5. The van der Waals surface area contributed by atoms with Gasteiger partial charge in [0.05, 0.1) is 12.4 Å².